The number of likely N-dealkylation sites (tertiary alicyclic amines) is 2. The number of alkyl carbamates (subject to hydrolysis) is 2. The van der Waals surface area contributed by atoms with Gasteiger partial charge in [0, 0.05) is 29.7 Å². The Hall–Kier alpha value is -5.85. The van der Waals surface area contributed by atoms with Crippen molar-refractivity contribution in [2.45, 2.75) is 77.5 Å². The minimum absolute atomic E-state index is 0.0878. The third-order valence-corrected chi connectivity index (χ3v) is 11.2. The third-order valence-electron chi connectivity index (χ3n) is 11.2. The summed E-state index contributed by atoms with van der Waals surface area (Å²) in [4.78, 5) is 66.9. The quantitative estimate of drug-likeness (QED) is 0.115. The highest BCUT2D eigenvalue weighted by Crippen LogP contribution is 2.37. The van der Waals surface area contributed by atoms with E-state index in [2.05, 4.69) is 81.3 Å². The van der Waals surface area contributed by atoms with Crippen LogP contribution in [0, 0.1) is 11.8 Å². The second-order valence-corrected chi connectivity index (χ2v) is 15.6. The topological polar surface area (TPSA) is 162 Å². The van der Waals surface area contributed by atoms with Crippen molar-refractivity contribution < 1.29 is 28.7 Å². The lowest BCUT2D eigenvalue weighted by atomic mass is 9.99. The van der Waals surface area contributed by atoms with Crippen LogP contribution in [-0.2, 0) is 19.1 Å². The van der Waals surface area contributed by atoms with Gasteiger partial charge in [0.05, 0.1) is 37.3 Å². The van der Waals surface area contributed by atoms with E-state index >= 15 is 0 Å². The number of imidazole rings is 1. The molecule has 5 aromatic rings. The number of carbonyl (C=O) groups is 4. The number of ether oxygens (including phenoxy) is 2. The standard InChI is InChI=1S/C43H51N7O6/c1-24(2)37(47-42(53)55-5)40(51)49-19-7-9-35(49)34-23-30-21-28(15-17-31(30)44-34)26-11-13-27(14-12-26)29-16-18-32-33(22-29)46-39(45-32)36-10-8-20-50(36)41(52)38(25(3)4)48-43(54)56-6/h11-18,21-25,35-38,44H,7-10,19-20H2,1-6H3,(H,45,46)(H,47,53)(H,48,54)/t35-,36-,37-,38-/m0/s1. The van der Waals surface area contributed by atoms with Gasteiger partial charge in [0.15, 0.2) is 0 Å². The fourth-order valence-electron chi connectivity index (χ4n) is 8.16. The summed E-state index contributed by atoms with van der Waals surface area (Å²) in [5.74, 6) is 0.313. The van der Waals surface area contributed by atoms with Crippen molar-refractivity contribution in [2.75, 3.05) is 27.3 Å². The first kappa shape index (κ1) is 38.4. The Labute approximate surface area is 326 Å². The van der Waals surface area contributed by atoms with Crippen LogP contribution in [0.2, 0.25) is 0 Å². The van der Waals surface area contributed by atoms with Gasteiger partial charge in [0.1, 0.15) is 17.9 Å². The van der Waals surface area contributed by atoms with Crippen molar-refractivity contribution in [1.29, 1.82) is 0 Å². The van der Waals surface area contributed by atoms with Gasteiger partial charge >= 0.3 is 12.2 Å². The average Bonchev–Trinajstić information content (AvgIpc) is 4.03. The molecule has 4 N–H and O–H groups in total. The summed E-state index contributed by atoms with van der Waals surface area (Å²) >= 11 is 0. The van der Waals surface area contributed by atoms with E-state index < -0.39 is 24.3 Å². The Kier molecular flexibility index (Phi) is 11.0. The summed E-state index contributed by atoms with van der Waals surface area (Å²) in [6.07, 6.45) is 2.13. The van der Waals surface area contributed by atoms with Crippen molar-refractivity contribution >= 4 is 45.9 Å². The Bertz CT molecular complexity index is 2090. The molecule has 0 spiro atoms. The zero-order valence-corrected chi connectivity index (χ0v) is 32.8. The van der Waals surface area contributed by atoms with Gasteiger partial charge in [-0.05, 0) is 90.1 Å². The first-order chi connectivity index (χ1) is 26.9. The molecule has 4 amide bonds. The first-order valence-corrected chi connectivity index (χ1v) is 19.5. The predicted molar refractivity (Wildman–Crippen MR) is 215 cm³/mol. The van der Waals surface area contributed by atoms with Gasteiger partial charge in [-0.25, -0.2) is 14.6 Å². The number of aromatic nitrogens is 3. The number of fused-ring (bicyclic) bond motifs is 2. The molecule has 0 aliphatic carbocycles. The van der Waals surface area contributed by atoms with Crippen molar-refractivity contribution in [3.8, 4) is 22.3 Å². The molecule has 0 saturated carbocycles. The molecule has 56 heavy (non-hydrogen) atoms. The Morgan fingerprint density at radius 1 is 0.661 bits per heavy atom. The van der Waals surface area contributed by atoms with Crippen LogP contribution in [0.1, 0.15) is 77.0 Å². The molecule has 2 aliphatic heterocycles. The maximum absolute atomic E-state index is 13.6. The predicted octanol–water partition coefficient (Wildman–Crippen LogP) is 7.47. The van der Waals surface area contributed by atoms with E-state index in [1.165, 1.54) is 14.2 Å². The number of nitrogens with one attached hydrogen (secondary N) is 4. The Morgan fingerprint density at radius 2 is 1.18 bits per heavy atom. The monoisotopic (exact) mass is 761 g/mol. The fourth-order valence-corrected chi connectivity index (χ4v) is 8.16. The molecule has 4 atom stereocenters. The second-order valence-electron chi connectivity index (χ2n) is 15.6. The highest BCUT2D eigenvalue weighted by atomic mass is 16.5. The van der Waals surface area contributed by atoms with Crippen LogP contribution in [0.25, 0.3) is 44.2 Å². The number of hydrogen-bond acceptors (Lipinski definition) is 7. The Balaban J connectivity index is 1.06. The summed E-state index contributed by atoms with van der Waals surface area (Å²) in [5.41, 5.74) is 7.99. The van der Waals surface area contributed by atoms with E-state index in [0.29, 0.717) is 13.1 Å². The summed E-state index contributed by atoms with van der Waals surface area (Å²) in [6.45, 7) is 8.88. The number of amides is 4. The van der Waals surface area contributed by atoms with E-state index in [1.807, 2.05) is 43.6 Å². The van der Waals surface area contributed by atoms with Crippen LogP contribution in [0.4, 0.5) is 9.59 Å². The molecule has 13 nitrogen and oxygen atoms in total. The lowest BCUT2D eigenvalue weighted by Gasteiger charge is -2.30. The van der Waals surface area contributed by atoms with E-state index in [-0.39, 0.29) is 35.7 Å². The maximum atomic E-state index is 13.6. The molecule has 294 valence electrons. The van der Waals surface area contributed by atoms with E-state index in [9.17, 15) is 19.2 Å². The molecule has 0 radical (unpaired) electrons. The van der Waals surface area contributed by atoms with Crippen molar-refractivity contribution in [1.82, 2.24) is 35.4 Å². The first-order valence-electron chi connectivity index (χ1n) is 19.5. The Morgan fingerprint density at radius 3 is 1.75 bits per heavy atom. The van der Waals surface area contributed by atoms with Crippen molar-refractivity contribution in [2.24, 2.45) is 11.8 Å². The zero-order chi connectivity index (χ0) is 39.7. The second kappa shape index (κ2) is 16.1. The fraction of sp³-hybridized carbons (Fsp3) is 0.419. The maximum Gasteiger partial charge on any atom is 0.407 e. The summed E-state index contributed by atoms with van der Waals surface area (Å²) in [7, 11) is 2.60. The minimum atomic E-state index is -0.689. The molecule has 4 heterocycles. The van der Waals surface area contributed by atoms with Gasteiger partial charge in [0.25, 0.3) is 0 Å². The lowest BCUT2D eigenvalue weighted by Crippen LogP contribution is -2.51. The molecule has 2 aromatic heterocycles. The SMILES string of the molecule is COC(=O)N[C@H](C(=O)N1CCC[C@H]1c1cc2cc(-c3ccc(-c4ccc5nc([C@@H]6CCCN6C(=O)[C@@H](NC(=O)OC)C(C)C)[nH]c5c4)cc3)ccc2[nH]1)C(C)C. The number of H-pyrrole nitrogens is 2. The van der Waals surface area contributed by atoms with Crippen LogP contribution in [0.3, 0.4) is 0 Å². The third kappa shape index (κ3) is 7.67. The largest absolute Gasteiger partial charge is 0.453 e. The minimum Gasteiger partial charge on any atom is -0.453 e. The number of hydrogen-bond donors (Lipinski definition) is 4. The molecule has 3 aromatic carbocycles. The van der Waals surface area contributed by atoms with Crippen molar-refractivity contribution in [3.63, 3.8) is 0 Å². The molecule has 0 unspecified atom stereocenters. The summed E-state index contributed by atoms with van der Waals surface area (Å²) < 4.78 is 9.55. The van der Waals surface area contributed by atoms with E-state index in [4.69, 9.17) is 14.5 Å². The van der Waals surface area contributed by atoms with E-state index in [1.54, 1.807) is 0 Å². The molecule has 13 heteroatoms. The molecule has 0 bridgehead atoms. The number of benzene rings is 3. The number of rotatable bonds is 10. The number of aromatic amines is 2. The van der Waals surface area contributed by atoms with Crippen LogP contribution in [0.5, 0.6) is 0 Å². The molecular weight excluding hydrogens is 711 g/mol. The average molecular weight is 762 g/mol. The summed E-state index contributed by atoms with van der Waals surface area (Å²) in [5, 5.41) is 6.50. The lowest BCUT2D eigenvalue weighted by molar-refractivity contribution is -0.136. The van der Waals surface area contributed by atoms with Gasteiger partial charge in [-0.1, -0.05) is 64.1 Å². The normalized spacial score (nSPS) is 18.1. The molecule has 2 aliphatic rings. The molecule has 2 saturated heterocycles. The van der Waals surface area contributed by atoms with Crippen LogP contribution in [0.15, 0.2) is 66.7 Å². The van der Waals surface area contributed by atoms with E-state index in [0.717, 1.165) is 81.4 Å². The van der Waals surface area contributed by atoms with Crippen LogP contribution >= 0.6 is 0 Å². The van der Waals surface area contributed by atoms with Crippen molar-refractivity contribution in [3.05, 3.63) is 78.2 Å². The molecule has 7 rings (SSSR count). The smallest absolute Gasteiger partial charge is 0.407 e. The van der Waals surface area contributed by atoms with Gasteiger partial charge in [0.2, 0.25) is 11.8 Å². The molecule has 2 fully saturated rings. The highest BCUT2D eigenvalue weighted by molar-refractivity contribution is 5.89. The number of methoxy groups -OCH3 is 2. The summed E-state index contributed by atoms with van der Waals surface area (Å²) in [6, 6.07) is 21.5. The zero-order valence-electron chi connectivity index (χ0n) is 32.8. The molecular formula is C43H51N7O6. The van der Waals surface area contributed by atoms with Crippen LogP contribution < -0.4 is 10.6 Å². The number of nitrogens with zero attached hydrogens (tertiary/aromatic N) is 3. The van der Waals surface area contributed by atoms with Gasteiger partial charge in [-0.3, -0.25) is 9.59 Å². The van der Waals surface area contributed by atoms with Crippen LogP contribution in [-0.4, -0.2) is 88.1 Å². The van der Waals surface area contributed by atoms with Gasteiger partial charge < -0.3 is 39.9 Å². The number of carbonyl (C=O) groups excluding carboxylic acids is 4. The highest BCUT2D eigenvalue weighted by Gasteiger charge is 2.38. The van der Waals surface area contributed by atoms with Gasteiger partial charge in [-0.15, -0.1) is 0 Å². The van der Waals surface area contributed by atoms with Gasteiger partial charge in [-0.2, -0.15) is 0 Å².